The highest BCUT2D eigenvalue weighted by molar-refractivity contribution is 5.49. The van der Waals surface area contributed by atoms with Gasteiger partial charge < -0.3 is 43.7 Å². The highest BCUT2D eigenvalue weighted by Gasteiger charge is 2.65. The molecule has 0 radical (unpaired) electrons. The van der Waals surface area contributed by atoms with Crippen LogP contribution in [-0.2, 0) is 14.2 Å². The van der Waals surface area contributed by atoms with Gasteiger partial charge in [0.1, 0.15) is 22.6 Å². The van der Waals surface area contributed by atoms with Crippen molar-refractivity contribution >= 4 is 0 Å². The number of ether oxygens (including phenoxy) is 6. The summed E-state index contributed by atoms with van der Waals surface area (Å²) >= 11 is 0. The third-order valence-electron chi connectivity index (χ3n) is 31.6. The van der Waals surface area contributed by atoms with Crippen molar-refractivity contribution in [2.45, 2.75) is 257 Å². The third-order valence-corrected chi connectivity index (χ3v) is 31.6. The Bertz CT molecular complexity index is 3470. The Kier molecular flexibility index (Phi) is 20.0. The van der Waals surface area contributed by atoms with Crippen LogP contribution in [0, 0.1) is 146 Å². The Labute approximate surface area is 585 Å². The van der Waals surface area contributed by atoms with Crippen molar-refractivity contribution in [2.24, 2.45) is 104 Å². The molecule has 0 heterocycles. The van der Waals surface area contributed by atoms with Crippen molar-refractivity contribution < 1.29 is 43.7 Å². The number of methoxy groups -OCH3 is 6. The minimum Gasteiger partial charge on any atom is -0.497 e. The largest absolute Gasteiger partial charge is 0.497 e. The lowest BCUT2D eigenvalue weighted by Crippen LogP contribution is -2.56. The molecule has 9 heteroatoms. The second-order valence-electron chi connectivity index (χ2n) is 35.6. The molecule has 12 saturated carbocycles. The molecule has 24 atom stereocenters. The lowest BCUT2D eigenvalue weighted by Gasteiger charge is -2.61. The summed E-state index contributed by atoms with van der Waals surface area (Å²) in [5.41, 5.74) is 3.64. The summed E-state index contributed by atoms with van der Waals surface area (Å²) < 4.78 is 33.8. The Morgan fingerprint density at radius 1 is 0.330 bits per heavy atom. The molecule has 3 aromatic rings. The van der Waals surface area contributed by atoms with E-state index in [2.05, 4.69) is 108 Å². The summed E-state index contributed by atoms with van der Waals surface area (Å²) in [6.07, 6.45) is 32.9. The summed E-state index contributed by atoms with van der Waals surface area (Å²) in [7, 11) is 10.7. The number of benzene rings is 3. The van der Waals surface area contributed by atoms with Crippen LogP contribution in [-0.4, -0.2) is 93.1 Å². The van der Waals surface area contributed by atoms with E-state index in [0.29, 0.717) is 80.1 Å². The molecule has 12 aliphatic rings. The molecule has 12 aliphatic carbocycles. The summed E-state index contributed by atoms with van der Waals surface area (Å²) in [5, 5.41) is 34.4. The maximum Gasteiger partial charge on any atom is 0.161 e. The van der Waals surface area contributed by atoms with E-state index in [9.17, 15) is 15.3 Å². The van der Waals surface area contributed by atoms with Crippen LogP contribution in [0.25, 0.3) is 0 Å². The molecule has 0 spiro atoms. The van der Waals surface area contributed by atoms with Gasteiger partial charge in [-0.05, 0) is 338 Å². The maximum absolute atomic E-state index is 11.5. The van der Waals surface area contributed by atoms with Gasteiger partial charge >= 0.3 is 0 Å². The molecule has 97 heavy (non-hydrogen) atoms. The van der Waals surface area contributed by atoms with Crippen LogP contribution in [0.4, 0.5) is 0 Å². The monoisotopic (exact) mass is 1320 g/mol. The Morgan fingerprint density at radius 2 is 0.660 bits per heavy atom. The standard InChI is InChI=1S/C30H42O4.C29H40O3.C29H40O2/c1-28-16-17-30(31,15-12-20-6-10-25(32-3)26(18-20)33-4)19-21(28)7-8-22-23-9-11-27(34-5)29(23,2)14-13-24(22)28;1-27-17-18-29(30,16-13-20-5-8-22(31-3)9-6-20)19-21(27)7-10-23-24-11-12-26(32-4)28(24,2)15-14-25(23)27;1-20-5-7-21(8-6-20)13-16-29(30)18-17-27(2)22(19-29)9-10-23-24-11-12-26(31-4)28(24,3)15-14-25(23)27/h6,10,18,21-24,27,31H,7-9,11,13-14,16-17,19H2,1-5H3;5-6,8-9,21,23-26,30H,7,10-12,14-15,17-19H2,1-4H3;5-8,22-26,30H,9-12,14-15,17-19H2,1-4H3/t21?,22-,23-,24+,27?,28-,29-,30?;21?,23-,24-,25+,26?,27-,28-,29?;22?,23-,24-,25+,26?,27-,28-,29?/m000/s1. The van der Waals surface area contributed by atoms with Crippen molar-refractivity contribution in [2.75, 3.05) is 42.7 Å². The van der Waals surface area contributed by atoms with Gasteiger partial charge in [0.05, 0.1) is 39.6 Å². The van der Waals surface area contributed by atoms with Gasteiger partial charge in [-0.25, -0.2) is 0 Å². The SMILES string of the molecule is COC1CC[C@H]2[C@@H]3CCC4CC(O)(C#Cc5ccc(C)cc5)CC[C@]4(C)[C@@H]3CC[C@]12C.COc1ccc(C#CC2(O)CC[C@@]3(C)C(CC[C@@H]4[C@H]3CC[C@]3(C)C(OC)CC[C@@H]43)C2)cc1.COc1ccc(C#CC2(O)CC[C@@]3(C)C(CC[C@@H]4[C@H]3CC[C@]3(C)C(OC)CC[C@@H]43)C2)cc1OC. The number of rotatable bonds is 6. The molecule has 0 saturated heterocycles. The fourth-order valence-electron chi connectivity index (χ4n) is 25.9. The summed E-state index contributed by atoms with van der Waals surface area (Å²) in [4.78, 5) is 0. The molecular weight excluding hydrogens is 1200 g/mol. The van der Waals surface area contributed by atoms with Crippen LogP contribution < -0.4 is 14.2 Å². The quantitative estimate of drug-likeness (QED) is 0.208. The molecule has 0 aromatic heterocycles. The second-order valence-corrected chi connectivity index (χ2v) is 35.6. The predicted octanol–water partition coefficient (Wildman–Crippen LogP) is 17.8. The summed E-state index contributed by atoms with van der Waals surface area (Å²) in [6, 6.07) is 21.8. The van der Waals surface area contributed by atoms with Crippen LogP contribution in [0.1, 0.15) is 237 Å². The van der Waals surface area contributed by atoms with Gasteiger partial charge in [0.2, 0.25) is 0 Å². The lowest BCUT2D eigenvalue weighted by molar-refractivity contribution is -0.146. The smallest absolute Gasteiger partial charge is 0.161 e. The number of fused-ring (bicyclic) bond motifs is 15. The molecule has 9 nitrogen and oxygen atoms in total. The lowest BCUT2D eigenvalue weighted by atomic mass is 9.44. The fraction of sp³-hybridized carbons (Fsp3) is 0.727. The van der Waals surface area contributed by atoms with Gasteiger partial charge in [-0.1, -0.05) is 94.8 Å². The Hall–Kier alpha value is -4.50. The van der Waals surface area contributed by atoms with Crippen molar-refractivity contribution in [1.82, 2.24) is 0 Å². The molecule has 3 N–H and O–H groups in total. The van der Waals surface area contributed by atoms with Crippen molar-refractivity contribution in [3.8, 4) is 52.8 Å². The molecule has 3 aromatic carbocycles. The predicted molar refractivity (Wildman–Crippen MR) is 387 cm³/mol. The molecule has 0 aliphatic heterocycles. The van der Waals surface area contributed by atoms with Gasteiger partial charge in [0.15, 0.2) is 11.5 Å². The molecular formula is C88H122O9. The zero-order valence-corrected chi connectivity index (χ0v) is 61.9. The van der Waals surface area contributed by atoms with Crippen molar-refractivity contribution in [3.63, 3.8) is 0 Å². The van der Waals surface area contributed by atoms with Gasteiger partial charge in [-0.15, -0.1) is 0 Å². The Balaban J connectivity index is 0.000000131. The number of hydrogen-bond acceptors (Lipinski definition) is 9. The van der Waals surface area contributed by atoms with E-state index in [1.165, 1.54) is 121 Å². The highest BCUT2D eigenvalue weighted by atomic mass is 16.5. The first-order valence-corrected chi connectivity index (χ1v) is 38.6. The molecule has 12 fully saturated rings. The van der Waals surface area contributed by atoms with E-state index in [0.717, 1.165) is 133 Å². The zero-order chi connectivity index (χ0) is 68.6. The van der Waals surface area contributed by atoms with Gasteiger partial charge in [0.25, 0.3) is 0 Å². The van der Waals surface area contributed by atoms with Crippen LogP contribution in [0.2, 0.25) is 0 Å². The number of hydrogen-bond donors (Lipinski definition) is 3. The molecule has 0 bridgehead atoms. The van der Waals surface area contributed by atoms with E-state index < -0.39 is 16.8 Å². The zero-order valence-electron chi connectivity index (χ0n) is 61.9. The van der Waals surface area contributed by atoms with Gasteiger partial charge in [0, 0.05) is 38.0 Å². The third kappa shape index (κ3) is 12.9. The number of aliphatic hydroxyl groups is 3. The second kappa shape index (κ2) is 27.4. The van der Waals surface area contributed by atoms with Gasteiger partial charge in [-0.3, -0.25) is 0 Å². The van der Waals surface area contributed by atoms with Crippen molar-refractivity contribution in [3.05, 3.63) is 89.0 Å². The molecule has 0 amide bonds. The van der Waals surface area contributed by atoms with E-state index >= 15 is 0 Å². The topological polar surface area (TPSA) is 116 Å². The normalized spacial score (nSPS) is 44.8. The maximum atomic E-state index is 11.5. The first-order chi connectivity index (χ1) is 46.3. The summed E-state index contributed by atoms with van der Waals surface area (Å²) in [6.45, 7) is 17.3. The van der Waals surface area contributed by atoms with Crippen LogP contribution >= 0.6 is 0 Å². The molecule has 15 rings (SSSR count). The minimum atomic E-state index is -0.901. The number of aryl methyl sites for hydroxylation is 1. The molecule has 9 unspecified atom stereocenters. The van der Waals surface area contributed by atoms with E-state index in [-0.39, 0.29) is 0 Å². The fourth-order valence-corrected chi connectivity index (χ4v) is 25.9. The summed E-state index contributed by atoms with van der Waals surface area (Å²) in [5.74, 6) is 30.9. The van der Waals surface area contributed by atoms with Crippen molar-refractivity contribution in [1.29, 1.82) is 0 Å². The van der Waals surface area contributed by atoms with Crippen LogP contribution in [0.15, 0.2) is 66.7 Å². The average Bonchev–Trinajstić information content (AvgIpc) is 1.71. The van der Waals surface area contributed by atoms with E-state index in [1.54, 1.807) is 21.3 Å². The van der Waals surface area contributed by atoms with E-state index in [4.69, 9.17) is 28.4 Å². The molecule has 528 valence electrons. The van der Waals surface area contributed by atoms with Crippen LogP contribution in [0.3, 0.4) is 0 Å². The minimum absolute atomic E-state index is 0.326. The first-order valence-electron chi connectivity index (χ1n) is 38.6. The Morgan fingerprint density at radius 3 is 1.00 bits per heavy atom. The highest BCUT2D eigenvalue weighted by Crippen LogP contribution is 2.71. The average molecular weight is 1320 g/mol. The van der Waals surface area contributed by atoms with Gasteiger partial charge in [-0.2, -0.15) is 0 Å². The van der Waals surface area contributed by atoms with Crippen LogP contribution in [0.5, 0.6) is 17.2 Å². The first kappa shape index (κ1) is 70.9. The van der Waals surface area contributed by atoms with E-state index in [1.807, 2.05) is 63.8 Å².